The smallest absolute Gasteiger partial charge is 0.416 e. The summed E-state index contributed by atoms with van der Waals surface area (Å²) >= 11 is 12.3. The maximum Gasteiger partial charge on any atom is 0.416 e. The number of hydrogen-bond donors (Lipinski definition) is 1. The molecule has 0 saturated heterocycles. The van der Waals surface area contributed by atoms with Crippen LogP contribution in [0.5, 0.6) is 11.5 Å². The van der Waals surface area contributed by atoms with Crippen LogP contribution in [0.2, 0.25) is 10.0 Å². The van der Waals surface area contributed by atoms with Gasteiger partial charge in [-0.25, -0.2) is 9.48 Å². The Bertz CT molecular complexity index is 1100. The second-order valence-corrected chi connectivity index (χ2v) is 6.42. The number of halogens is 5. The van der Waals surface area contributed by atoms with Gasteiger partial charge < -0.3 is 4.74 Å². The van der Waals surface area contributed by atoms with Gasteiger partial charge >= 0.3 is 11.9 Å². The molecular formula is C17H10Cl2F3N3O3. The molecule has 0 saturated carbocycles. The predicted octanol–water partition coefficient (Wildman–Crippen LogP) is 4.10. The van der Waals surface area contributed by atoms with Crippen LogP contribution < -0.4 is 16.0 Å². The molecule has 3 rings (SSSR count). The minimum atomic E-state index is -4.46. The normalized spacial score (nSPS) is 11.5. The summed E-state index contributed by atoms with van der Waals surface area (Å²) in [6, 6.07) is 6.97. The molecule has 0 spiro atoms. The molecule has 6 nitrogen and oxygen atoms in total. The van der Waals surface area contributed by atoms with Crippen molar-refractivity contribution in [1.29, 1.82) is 0 Å². The highest BCUT2D eigenvalue weighted by molar-refractivity contribution is 6.37. The highest BCUT2D eigenvalue weighted by atomic mass is 35.5. The van der Waals surface area contributed by atoms with E-state index < -0.39 is 23.0 Å². The quantitative estimate of drug-likeness (QED) is 0.674. The fourth-order valence-corrected chi connectivity index (χ4v) is 2.90. The van der Waals surface area contributed by atoms with Gasteiger partial charge in [0.1, 0.15) is 11.9 Å². The van der Waals surface area contributed by atoms with Crippen LogP contribution in [-0.2, 0) is 12.7 Å². The summed E-state index contributed by atoms with van der Waals surface area (Å²) in [6.45, 7) is -0.0182. The minimum absolute atomic E-state index is 0.0182. The van der Waals surface area contributed by atoms with Gasteiger partial charge in [0.15, 0.2) is 5.75 Å². The molecule has 2 aromatic carbocycles. The molecule has 11 heteroatoms. The average molecular weight is 432 g/mol. The predicted molar refractivity (Wildman–Crippen MR) is 96.2 cm³/mol. The van der Waals surface area contributed by atoms with Crippen LogP contribution in [0.15, 0.2) is 52.2 Å². The van der Waals surface area contributed by atoms with Crippen molar-refractivity contribution in [3.63, 3.8) is 0 Å². The van der Waals surface area contributed by atoms with Crippen LogP contribution in [0.4, 0.5) is 13.2 Å². The first-order valence-electron chi connectivity index (χ1n) is 7.63. The van der Waals surface area contributed by atoms with E-state index in [4.69, 9.17) is 27.9 Å². The Balaban J connectivity index is 1.84. The topological polar surface area (TPSA) is 77.0 Å². The molecule has 0 fully saturated rings. The lowest BCUT2D eigenvalue weighted by Gasteiger charge is -2.13. The zero-order valence-electron chi connectivity index (χ0n) is 13.8. The molecule has 0 aliphatic heterocycles. The van der Waals surface area contributed by atoms with Gasteiger partial charge in [-0.2, -0.15) is 18.3 Å². The van der Waals surface area contributed by atoms with Gasteiger partial charge in [0.2, 0.25) is 0 Å². The largest absolute Gasteiger partial charge is 0.454 e. The van der Waals surface area contributed by atoms with Crippen molar-refractivity contribution in [2.45, 2.75) is 12.7 Å². The summed E-state index contributed by atoms with van der Waals surface area (Å²) in [5.74, 6) is 0.164. The monoisotopic (exact) mass is 431 g/mol. The van der Waals surface area contributed by atoms with Gasteiger partial charge in [0.25, 0.3) is 5.56 Å². The van der Waals surface area contributed by atoms with Crippen LogP contribution >= 0.6 is 23.2 Å². The first-order chi connectivity index (χ1) is 13.1. The van der Waals surface area contributed by atoms with Crippen LogP contribution in [0.3, 0.4) is 0 Å². The summed E-state index contributed by atoms with van der Waals surface area (Å²) < 4.78 is 44.3. The molecule has 0 aliphatic rings. The number of hydrogen-bond acceptors (Lipinski definition) is 4. The Kier molecular flexibility index (Phi) is 5.48. The Hall–Kier alpha value is -2.78. The second-order valence-electron chi connectivity index (χ2n) is 5.61. The number of benzene rings is 2. The van der Waals surface area contributed by atoms with E-state index >= 15 is 0 Å². The lowest BCUT2D eigenvalue weighted by molar-refractivity contribution is -0.137. The molecule has 0 atom stereocenters. The van der Waals surface area contributed by atoms with E-state index in [-0.39, 0.29) is 28.1 Å². The van der Waals surface area contributed by atoms with Gasteiger partial charge in [0.05, 0.1) is 22.2 Å². The van der Waals surface area contributed by atoms with E-state index in [1.54, 1.807) is 0 Å². The van der Waals surface area contributed by atoms with Gasteiger partial charge in [-0.1, -0.05) is 23.2 Å². The molecule has 0 bridgehead atoms. The summed E-state index contributed by atoms with van der Waals surface area (Å²) in [5, 5.41) is 3.87. The number of aromatic amines is 1. The maximum atomic E-state index is 12.6. The fourth-order valence-electron chi connectivity index (χ4n) is 2.29. The number of nitrogens with zero attached hydrogens (tertiary/aromatic N) is 2. The highest BCUT2D eigenvalue weighted by Gasteiger charge is 2.30. The Morgan fingerprint density at radius 2 is 1.68 bits per heavy atom. The molecule has 1 aromatic heterocycles. The molecule has 0 radical (unpaired) electrons. The molecule has 0 amide bonds. The average Bonchev–Trinajstić information content (AvgIpc) is 2.60. The van der Waals surface area contributed by atoms with Crippen LogP contribution in [0.25, 0.3) is 0 Å². The van der Waals surface area contributed by atoms with Crippen molar-refractivity contribution < 1.29 is 17.9 Å². The third-order valence-corrected chi connectivity index (χ3v) is 4.13. The van der Waals surface area contributed by atoms with E-state index in [0.717, 1.165) is 35.1 Å². The van der Waals surface area contributed by atoms with Crippen molar-refractivity contribution in [3.8, 4) is 11.5 Å². The summed E-state index contributed by atoms with van der Waals surface area (Å²) in [5.41, 5.74) is -1.65. The van der Waals surface area contributed by atoms with Gasteiger partial charge in [-0.15, -0.1) is 0 Å². The van der Waals surface area contributed by atoms with Gasteiger partial charge in [0, 0.05) is 0 Å². The Morgan fingerprint density at radius 3 is 2.21 bits per heavy atom. The zero-order chi connectivity index (χ0) is 20.5. The molecule has 0 unspecified atom stereocenters. The van der Waals surface area contributed by atoms with Crippen LogP contribution in [0, 0.1) is 0 Å². The van der Waals surface area contributed by atoms with Crippen molar-refractivity contribution >= 4 is 23.2 Å². The third kappa shape index (κ3) is 4.55. The molecule has 28 heavy (non-hydrogen) atoms. The van der Waals surface area contributed by atoms with Crippen LogP contribution in [-0.4, -0.2) is 14.8 Å². The highest BCUT2D eigenvalue weighted by Crippen LogP contribution is 2.38. The summed E-state index contributed by atoms with van der Waals surface area (Å²) in [7, 11) is 0. The number of nitrogens with one attached hydrogen (secondary N) is 1. The van der Waals surface area contributed by atoms with Crippen molar-refractivity contribution in [1.82, 2.24) is 14.8 Å². The van der Waals surface area contributed by atoms with Crippen molar-refractivity contribution in [2.24, 2.45) is 0 Å². The van der Waals surface area contributed by atoms with E-state index in [0.29, 0.717) is 5.56 Å². The first kappa shape index (κ1) is 20.0. The standard InChI is InChI=1S/C17H10Cl2F3N3O3/c18-12-5-9(8-25-16(27)24-14(26)7-23-25)6-13(19)15(12)28-11-3-1-10(2-4-11)17(20,21)22/h1-7H,8H2,(H,24,26,27). The fraction of sp³-hybridized carbons (Fsp3) is 0.118. The number of ether oxygens (including phenoxy) is 1. The number of alkyl halides is 3. The van der Waals surface area contributed by atoms with Gasteiger partial charge in [-0.3, -0.25) is 9.78 Å². The molecule has 3 aromatic rings. The minimum Gasteiger partial charge on any atom is -0.454 e. The first-order valence-corrected chi connectivity index (χ1v) is 8.38. The second kappa shape index (κ2) is 7.69. The maximum absolute atomic E-state index is 12.6. The van der Waals surface area contributed by atoms with Gasteiger partial charge in [-0.05, 0) is 42.0 Å². The van der Waals surface area contributed by atoms with Crippen molar-refractivity contribution in [3.05, 3.63) is 84.6 Å². The van der Waals surface area contributed by atoms with Crippen molar-refractivity contribution in [2.75, 3.05) is 0 Å². The lowest BCUT2D eigenvalue weighted by Crippen LogP contribution is -2.31. The third-order valence-electron chi connectivity index (χ3n) is 3.57. The lowest BCUT2D eigenvalue weighted by atomic mass is 10.2. The molecule has 146 valence electrons. The Labute approximate surface area is 165 Å². The zero-order valence-corrected chi connectivity index (χ0v) is 15.3. The van der Waals surface area contributed by atoms with E-state index in [1.165, 1.54) is 12.1 Å². The van der Waals surface area contributed by atoms with Crippen LogP contribution in [0.1, 0.15) is 11.1 Å². The molecular weight excluding hydrogens is 422 g/mol. The number of H-pyrrole nitrogens is 1. The molecule has 1 N–H and O–H groups in total. The molecule has 0 aliphatic carbocycles. The molecule has 1 heterocycles. The Morgan fingerprint density at radius 1 is 1.07 bits per heavy atom. The summed E-state index contributed by atoms with van der Waals surface area (Å²) in [4.78, 5) is 24.8. The summed E-state index contributed by atoms with van der Waals surface area (Å²) in [6.07, 6.45) is -3.50. The number of rotatable bonds is 4. The SMILES string of the molecule is O=c1cnn(Cc2cc(Cl)c(Oc3ccc(C(F)(F)F)cc3)c(Cl)c2)c(=O)[nH]1. The van der Waals surface area contributed by atoms with E-state index in [2.05, 4.69) is 10.1 Å². The van der Waals surface area contributed by atoms with E-state index in [1.807, 2.05) is 0 Å². The number of aromatic nitrogens is 3. The van der Waals surface area contributed by atoms with E-state index in [9.17, 15) is 22.8 Å².